The quantitative estimate of drug-likeness (QED) is 0.652. The average molecular weight is 238 g/mol. The Morgan fingerprint density at radius 1 is 1.53 bits per heavy atom. The summed E-state index contributed by atoms with van der Waals surface area (Å²) in [6.45, 7) is 0.635. The summed E-state index contributed by atoms with van der Waals surface area (Å²) < 4.78 is 4.78. The molecule has 1 aromatic rings. The lowest BCUT2D eigenvalue weighted by molar-refractivity contribution is -0.123. The molecular formula is C12H18N2O3. The number of phenolic OH excluding ortho intramolecular Hbond substituents is 1. The minimum Gasteiger partial charge on any atom is -0.508 e. The van der Waals surface area contributed by atoms with Gasteiger partial charge in [0.05, 0.1) is 6.61 Å². The van der Waals surface area contributed by atoms with E-state index in [1.165, 1.54) is 7.11 Å². The maximum atomic E-state index is 11.4. The Kier molecular flexibility index (Phi) is 5.45. The fourth-order valence-electron chi connectivity index (χ4n) is 1.43. The SMILES string of the molecule is COCC(N)C(=O)NCCc1ccccc1O. The maximum absolute atomic E-state index is 11.4. The Labute approximate surface area is 101 Å². The summed E-state index contributed by atoms with van der Waals surface area (Å²) in [4.78, 5) is 11.4. The largest absolute Gasteiger partial charge is 0.508 e. The van der Waals surface area contributed by atoms with E-state index in [9.17, 15) is 9.90 Å². The van der Waals surface area contributed by atoms with E-state index < -0.39 is 6.04 Å². The first-order valence-corrected chi connectivity index (χ1v) is 5.44. The lowest BCUT2D eigenvalue weighted by atomic mass is 10.1. The number of rotatable bonds is 6. The van der Waals surface area contributed by atoms with Crippen LogP contribution in [0.4, 0.5) is 0 Å². The number of nitrogens with two attached hydrogens (primary N) is 1. The summed E-state index contributed by atoms with van der Waals surface area (Å²) >= 11 is 0. The van der Waals surface area contributed by atoms with Gasteiger partial charge in [0.25, 0.3) is 0 Å². The zero-order chi connectivity index (χ0) is 12.7. The van der Waals surface area contributed by atoms with Gasteiger partial charge < -0.3 is 20.9 Å². The van der Waals surface area contributed by atoms with Crippen LogP contribution in [-0.2, 0) is 16.0 Å². The van der Waals surface area contributed by atoms with Gasteiger partial charge in [-0.25, -0.2) is 0 Å². The van der Waals surface area contributed by atoms with E-state index in [1.54, 1.807) is 12.1 Å². The summed E-state index contributed by atoms with van der Waals surface area (Å²) in [6.07, 6.45) is 0.568. The van der Waals surface area contributed by atoms with Crippen molar-refractivity contribution in [2.24, 2.45) is 5.73 Å². The molecule has 17 heavy (non-hydrogen) atoms. The summed E-state index contributed by atoms with van der Waals surface area (Å²) in [6, 6.07) is 6.38. The van der Waals surface area contributed by atoms with Crippen LogP contribution in [0.15, 0.2) is 24.3 Å². The van der Waals surface area contributed by atoms with Crippen molar-refractivity contribution in [2.75, 3.05) is 20.3 Å². The van der Waals surface area contributed by atoms with E-state index in [0.717, 1.165) is 5.56 Å². The van der Waals surface area contributed by atoms with Gasteiger partial charge in [-0.15, -0.1) is 0 Å². The highest BCUT2D eigenvalue weighted by Crippen LogP contribution is 2.15. The van der Waals surface area contributed by atoms with E-state index in [0.29, 0.717) is 13.0 Å². The van der Waals surface area contributed by atoms with Gasteiger partial charge in [0, 0.05) is 13.7 Å². The second kappa shape index (κ2) is 6.88. The van der Waals surface area contributed by atoms with Crippen molar-refractivity contribution in [1.82, 2.24) is 5.32 Å². The Morgan fingerprint density at radius 3 is 2.88 bits per heavy atom. The van der Waals surface area contributed by atoms with E-state index in [-0.39, 0.29) is 18.3 Å². The zero-order valence-electron chi connectivity index (χ0n) is 9.85. The molecular weight excluding hydrogens is 220 g/mol. The Balaban J connectivity index is 2.33. The molecule has 94 valence electrons. The van der Waals surface area contributed by atoms with E-state index in [2.05, 4.69) is 5.32 Å². The normalized spacial score (nSPS) is 12.1. The number of aromatic hydroxyl groups is 1. The average Bonchev–Trinajstić information content (AvgIpc) is 2.31. The lowest BCUT2D eigenvalue weighted by Gasteiger charge is -2.11. The number of hydrogen-bond acceptors (Lipinski definition) is 4. The van der Waals surface area contributed by atoms with Gasteiger partial charge in [0.2, 0.25) is 5.91 Å². The first-order chi connectivity index (χ1) is 8.15. The van der Waals surface area contributed by atoms with Gasteiger partial charge in [-0.05, 0) is 18.1 Å². The van der Waals surface area contributed by atoms with Gasteiger partial charge in [0.1, 0.15) is 11.8 Å². The number of hydrogen-bond donors (Lipinski definition) is 3. The number of para-hydroxylation sites is 1. The van der Waals surface area contributed by atoms with Crippen LogP contribution in [-0.4, -0.2) is 37.3 Å². The van der Waals surface area contributed by atoms with Crippen LogP contribution in [0.5, 0.6) is 5.75 Å². The Hall–Kier alpha value is -1.59. The number of carbonyl (C=O) groups excluding carboxylic acids is 1. The molecule has 4 N–H and O–H groups in total. The van der Waals surface area contributed by atoms with Crippen molar-refractivity contribution in [3.63, 3.8) is 0 Å². The molecule has 5 heteroatoms. The number of ether oxygens (including phenoxy) is 1. The minimum atomic E-state index is -0.649. The number of amides is 1. The Morgan fingerprint density at radius 2 is 2.24 bits per heavy atom. The highest BCUT2D eigenvalue weighted by molar-refractivity contribution is 5.81. The number of methoxy groups -OCH3 is 1. The maximum Gasteiger partial charge on any atom is 0.239 e. The zero-order valence-corrected chi connectivity index (χ0v) is 9.85. The van der Waals surface area contributed by atoms with Crippen molar-refractivity contribution in [1.29, 1.82) is 0 Å². The molecule has 0 aliphatic rings. The van der Waals surface area contributed by atoms with Gasteiger partial charge in [0.15, 0.2) is 0 Å². The second-order valence-electron chi connectivity index (χ2n) is 3.73. The topological polar surface area (TPSA) is 84.6 Å². The summed E-state index contributed by atoms with van der Waals surface area (Å²) in [7, 11) is 1.50. The first kappa shape index (κ1) is 13.5. The van der Waals surface area contributed by atoms with Crippen molar-refractivity contribution >= 4 is 5.91 Å². The fourth-order valence-corrected chi connectivity index (χ4v) is 1.43. The molecule has 0 saturated carbocycles. The predicted octanol–water partition coefficient (Wildman–Crippen LogP) is 0.0246. The Bertz CT molecular complexity index is 369. The predicted molar refractivity (Wildman–Crippen MR) is 64.7 cm³/mol. The fraction of sp³-hybridized carbons (Fsp3) is 0.417. The third-order valence-corrected chi connectivity index (χ3v) is 2.37. The molecule has 0 aliphatic carbocycles. The molecule has 0 spiro atoms. The minimum absolute atomic E-state index is 0.197. The number of benzene rings is 1. The molecule has 0 aromatic heterocycles. The summed E-state index contributed by atoms with van der Waals surface area (Å²) in [5, 5.41) is 12.2. The number of carbonyl (C=O) groups is 1. The smallest absolute Gasteiger partial charge is 0.239 e. The monoisotopic (exact) mass is 238 g/mol. The first-order valence-electron chi connectivity index (χ1n) is 5.44. The van der Waals surface area contributed by atoms with Crippen LogP contribution in [0.2, 0.25) is 0 Å². The molecule has 1 amide bonds. The molecule has 1 atom stereocenters. The molecule has 1 rings (SSSR count). The molecule has 1 unspecified atom stereocenters. The molecule has 1 aromatic carbocycles. The number of phenols is 1. The molecule has 5 nitrogen and oxygen atoms in total. The third-order valence-electron chi connectivity index (χ3n) is 2.37. The molecule has 0 fully saturated rings. The standard InChI is InChI=1S/C12H18N2O3/c1-17-8-10(13)12(16)14-7-6-9-4-2-3-5-11(9)15/h2-5,10,15H,6-8,13H2,1H3,(H,14,16). The second-order valence-corrected chi connectivity index (χ2v) is 3.73. The van der Waals surface area contributed by atoms with Gasteiger partial charge in [-0.1, -0.05) is 18.2 Å². The molecule has 0 bridgehead atoms. The van der Waals surface area contributed by atoms with Crippen LogP contribution in [0.3, 0.4) is 0 Å². The summed E-state index contributed by atoms with van der Waals surface area (Å²) in [5.74, 6) is -0.00906. The summed E-state index contributed by atoms with van der Waals surface area (Å²) in [5.41, 5.74) is 6.35. The lowest BCUT2D eigenvalue weighted by Crippen LogP contribution is -2.44. The highest BCUT2D eigenvalue weighted by atomic mass is 16.5. The van der Waals surface area contributed by atoms with Crippen LogP contribution in [0.25, 0.3) is 0 Å². The molecule has 0 heterocycles. The third kappa shape index (κ3) is 4.42. The molecule has 0 saturated heterocycles. The van der Waals surface area contributed by atoms with Crippen LogP contribution in [0.1, 0.15) is 5.56 Å². The van der Waals surface area contributed by atoms with Crippen LogP contribution < -0.4 is 11.1 Å². The van der Waals surface area contributed by atoms with Gasteiger partial charge >= 0.3 is 0 Å². The van der Waals surface area contributed by atoms with Crippen molar-refractivity contribution in [2.45, 2.75) is 12.5 Å². The van der Waals surface area contributed by atoms with Gasteiger partial charge in [-0.3, -0.25) is 4.79 Å². The van der Waals surface area contributed by atoms with Crippen molar-refractivity contribution in [3.05, 3.63) is 29.8 Å². The van der Waals surface area contributed by atoms with Crippen molar-refractivity contribution in [3.8, 4) is 5.75 Å². The van der Waals surface area contributed by atoms with Crippen LogP contribution >= 0.6 is 0 Å². The van der Waals surface area contributed by atoms with E-state index in [4.69, 9.17) is 10.5 Å². The number of nitrogens with one attached hydrogen (secondary N) is 1. The van der Waals surface area contributed by atoms with Gasteiger partial charge in [-0.2, -0.15) is 0 Å². The van der Waals surface area contributed by atoms with Crippen molar-refractivity contribution < 1.29 is 14.6 Å². The highest BCUT2D eigenvalue weighted by Gasteiger charge is 2.12. The van der Waals surface area contributed by atoms with E-state index >= 15 is 0 Å². The van der Waals surface area contributed by atoms with Crippen LogP contribution in [0, 0.1) is 0 Å². The molecule has 0 aliphatic heterocycles. The molecule has 0 radical (unpaired) electrons. The van der Waals surface area contributed by atoms with E-state index in [1.807, 2.05) is 12.1 Å².